The van der Waals surface area contributed by atoms with Crippen molar-refractivity contribution in [3.05, 3.63) is 88.5 Å². The Morgan fingerprint density at radius 3 is 2.24 bits per heavy atom. The van der Waals surface area contributed by atoms with Crippen LogP contribution in [-0.4, -0.2) is 100 Å². The van der Waals surface area contributed by atoms with Crippen LogP contribution in [0.15, 0.2) is 54.7 Å². The van der Waals surface area contributed by atoms with Crippen molar-refractivity contribution in [2.24, 2.45) is 11.5 Å². The van der Waals surface area contributed by atoms with E-state index in [1.54, 1.807) is 48.3 Å². The molecule has 0 bridgehead atoms. The van der Waals surface area contributed by atoms with E-state index in [1.807, 2.05) is 59.7 Å². The van der Waals surface area contributed by atoms with Crippen molar-refractivity contribution in [2.75, 3.05) is 38.9 Å². The Balaban J connectivity index is 1.34. The van der Waals surface area contributed by atoms with Crippen molar-refractivity contribution >= 4 is 56.6 Å². The van der Waals surface area contributed by atoms with Crippen molar-refractivity contribution in [2.45, 2.75) is 66.9 Å². The molecule has 2 aromatic carbocycles. The minimum Gasteiger partial charge on any atom is -0.491 e. The van der Waals surface area contributed by atoms with E-state index < -0.39 is 17.7 Å². The number of ether oxygens (including phenoxy) is 3. The van der Waals surface area contributed by atoms with E-state index in [0.29, 0.717) is 94.2 Å². The van der Waals surface area contributed by atoms with Crippen LogP contribution in [0.5, 0.6) is 5.75 Å². The van der Waals surface area contributed by atoms with Crippen molar-refractivity contribution in [3.63, 3.8) is 0 Å². The Labute approximate surface area is 356 Å². The molecule has 0 aliphatic rings. The lowest BCUT2D eigenvalue weighted by molar-refractivity contribution is 0.0819. The second-order valence-electron chi connectivity index (χ2n) is 14.6. The first kappa shape index (κ1) is 43.1. The zero-order chi connectivity index (χ0) is 44.1. The Morgan fingerprint density at radius 1 is 0.823 bits per heavy atom. The number of carbonyl (C=O) groups is 3. The predicted molar refractivity (Wildman–Crippen MR) is 232 cm³/mol. The first-order chi connectivity index (χ1) is 30.0. The number of aliphatic hydroxyl groups excluding tert-OH is 1. The smallest absolute Gasteiger partial charge is 0.276 e. The fourth-order valence-electron chi connectivity index (χ4n) is 7.49. The van der Waals surface area contributed by atoms with Crippen LogP contribution in [0.25, 0.3) is 44.5 Å². The van der Waals surface area contributed by atoms with Crippen LogP contribution >= 0.6 is 0 Å². The normalized spacial score (nSPS) is 11.8. The SMILES string of the molecule is CCn1nc(C)cc1C(=O)Nc1nc2cc(C(N)=O)cc(COCCO)c2n1C/C=C/Cn1c2nc(-c3cc(C)nn3CC)ncc2c2cc(C(N)=O)cc(OCCCOC)c21. The highest BCUT2D eigenvalue weighted by molar-refractivity contribution is 6.12. The Bertz CT molecular complexity index is 2830. The fraction of sp³-hybridized carbons (Fsp3) is 0.349. The number of anilines is 1. The number of benzene rings is 2. The maximum absolute atomic E-state index is 13.8. The Morgan fingerprint density at radius 2 is 1.53 bits per heavy atom. The molecule has 0 fully saturated rings. The molecular formula is C43H50N12O7. The van der Waals surface area contributed by atoms with E-state index in [0.717, 1.165) is 11.4 Å². The zero-order valence-electron chi connectivity index (χ0n) is 35.3. The van der Waals surface area contributed by atoms with Crippen LogP contribution in [-0.2, 0) is 42.3 Å². The van der Waals surface area contributed by atoms with Crippen LogP contribution in [0.4, 0.5) is 5.95 Å². The molecule has 62 heavy (non-hydrogen) atoms. The molecule has 0 atom stereocenters. The number of aromatic nitrogens is 9. The summed E-state index contributed by atoms with van der Waals surface area (Å²) in [6.45, 7) is 9.89. The highest BCUT2D eigenvalue weighted by Gasteiger charge is 2.23. The molecular weight excluding hydrogens is 797 g/mol. The third-order valence-electron chi connectivity index (χ3n) is 10.2. The molecule has 0 spiro atoms. The minimum absolute atomic E-state index is 0.0308. The van der Waals surface area contributed by atoms with Crippen molar-refractivity contribution < 1.29 is 33.7 Å². The molecule has 0 aliphatic carbocycles. The molecule has 3 amide bonds. The van der Waals surface area contributed by atoms with E-state index in [4.69, 9.17) is 40.6 Å². The molecule has 0 radical (unpaired) electrons. The van der Waals surface area contributed by atoms with E-state index in [-0.39, 0.29) is 50.0 Å². The third-order valence-corrected chi connectivity index (χ3v) is 10.2. The number of aliphatic hydroxyl groups is 1. The number of hydrogen-bond acceptors (Lipinski definition) is 12. The summed E-state index contributed by atoms with van der Waals surface area (Å²) < 4.78 is 24.6. The minimum atomic E-state index is -0.657. The van der Waals surface area contributed by atoms with Crippen LogP contribution in [0.2, 0.25) is 0 Å². The maximum Gasteiger partial charge on any atom is 0.276 e. The second-order valence-corrected chi connectivity index (χ2v) is 14.6. The van der Waals surface area contributed by atoms with Gasteiger partial charge in [0, 0.05) is 80.0 Å². The summed E-state index contributed by atoms with van der Waals surface area (Å²) in [5.41, 5.74) is 17.5. The number of methoxy groups -OCH3 is 1. The molecule has 0 aliphatic heterocycles. The lowest BCUT2D eigenvalue weighted by Gasteiger charge is -2.13. The highest BCUT2D eigenvalue weighted by atomic mass is 16.5. The fourth-order valence-corrected chi connectivity index (χ4v) is 7.49. The number of hydrogen-bond donors (Lipinski definition) is 4. The summed E-state index contributed by atoms with van der Waals surface area (Å²) in [5, 5.41) is 22.8. The summed E-state index contributed by atoms with van der Waals surface area (Å²) in [7, 11) is 1.62. The topological polar surface area (TPSA) is 247 Å². The standard InChI is InChI=1S/C43H50N12O7/c1-6-54-33(17-25(3)50-54)40-46-23-31-30-20-28(39(45)58)22-35(62-15-10-14-60-5)37(30)52(41(31)48-40)11-8-9-12-53-36-29(24-61-16-13-56)19-27(38(44)57)21-32(36)47-43(53)49-42(59)34-18-26(4)51-55(34)7-2/h8-9,17-23,56H,6-7,10-16,24H2,1-5H3,(H2,44,57)(H2,45,58)(H,47,49,59)/b9-8+. The summed E-state index contributed by atoms with van der Waals surface area (Å²) in [6.07, 6.45) is 6.21. The van der Waals surface area contributed by atoms with Crippen molar-refractivity contribution in [1.82, 2.24) is 43.6 Å². The number of fused-ring (bicyclic) bond motifs is 4. The van der Waals surface area contributed by atoms with Crippen LogP contribution in [0.3, 0.4) is 0 Å². The van der Waals surface area contributed by atoms with Crippen molar-refractivity contribution in [1.29, 1.82) is 0 Å². The van der Waals surface area contributed by atoms with E-state index in [2.05, 4.69) is 15.5 Å². The number of primary amides is 2. The molecule has 6 N–H and O–H groups in total. The van der Waals surface area contributed by atoms with Gasteiger partial charge in [-0.15, -0.1) is 0 Å². The lowest BCUT2D eigenvalue weighted by Crippen LogP contribution is -2.20. The van der Waals surface area contributed by atoms with Crippen LogP contribution < -0.4 is 21.5 Å². The lowest BCUT2D eigenvalue weighted by atomic mass is 10.1. The van der Waals surface area contributed by atoms with Gasteiger partial charge in [-0.2, -0.15) is 10.2 Å². The summed E-state index contributed by atoms with van der Waals surface area (Å²) in [6, 6.07) is 10.2. The van der Waals surface area contributed by atoms with E-state index in [9.17, 15) is 19.5 Å². The molecule has 324 valence electrons. The maximum atomic E-state index is 13.8. The Kier molecular flexibility index (Phi) is 13.0. The van der Waals surface area contributed by atoms with Gasteiger partial charge < -0.3 is 39.9 Å². The van der Waals surface area contributed by atoms with E-state index >= 15 is 0 Å². The molecule has 5 aromatic heterocycles. The first-order valence-electron chi connectivity index (χ1n) is 20.3. The number of carbonyl (C=O) groups excluding carboxylic acids is 3. The number of amides is 3. The number of nitrogens with two attached hydrogens (primary N) is 2. The number of aryl methyl sites for hydroxylation is 4. The number of imidazole rings is 1. The summed E-state index contributed by atoms with van der Waals surface area (Å²) in [5.74, 6) is -0.557. The average Bonchev–Trinajstić information content (AvgIpc) is 4.01. The largest absolute Gasteiger partial charge is 0.491 e. The monoisotopic (exact) mass is 846 g/mol. The van der Waals surface area contributed by atoms with Gasteiger partial charge in [0.05, 0.1) is 54.4 Å². The number of rotatable bonds is 20. The first-order valence-corrected chi connectivity index (χ1v) is 20.3. The number of nitrogens with zero attached hydrogens (tertiary/aromatic N) is 9. The van der Waals surface area contributed by atoms with E-state index in [1.165, 1.54) is 0 Å². The van der Waals surface area contributed by atoms with Crippen molar-refractivity contribution in [3.8, 4) is 17.3 Å². The summed E-state index contributed by atoms with van der Waals surface area (Å²) >= 11 is 0. The molecule has 19 heteroatoms. The van der Waals surface area contributed by atoms with Gasteiger partial charge in [-0.05, 0) is 64.1 Å². The van der Waals surface area contributed by atoms with Gasteiger partial charge in [0.1, 0.15) is 22.8 Å². The summed E-state index contributed by atoms with van der Waals surface area (Å²) in [4.78, 5) is 53.4. The predicted octanol–water partition coefficient (Wildman–Crippen LogP) is 4.28. The molecule has 0 saturated heterocycles. The molecule has 19 nitrogen and oxygen atoms in total. The van der Waals surface area contributed by atoms with Crippen LogP contribution in [0, 0.1) is 13.8 Å². The third kappa shape index (κ3) is 8.76. The van der Waals surface area contributed by atoms with Gasteiger partial charge in [-0.3, -0.25) is 29.1 Å². The Hall–Kier alpha value is -6.96. The second kappa shape index (κ2) is 18.8. The van der Waals surface area contributed by atoms with Gasteiger partial charge >= 0.3 is 0 Å². The van der Waals surface area contributed by atoms with Gasteiger partial charge in [0.25, 0.3) is 5.91 Å². The molecule has 0 unspecified atom stereocenters. The highest BCUT2D eigenvalue weighted by Crippen LogP contribution is 2.37. The van der Waals surface area contributed by atoms with Gasteiger partial charge in [0.15, 0.2) is 5.82 Å². The zero-order valence-corrected chi connectivity index (χ0v) is 35.3. The molecule has 7 rings (SSSR count). The van der Waals surface area contributed by atoms with Gasteiger partial charge in [-0.1, -0.05) is 12.2 Å². The number of allylic oxidation sites excluding steroid dienone is 2. The molecule has 0 saturated carbocycles. The number of nitrogens with one attached hydrogen (secondary N) is 1. The molecule has 7 aromatic rings. The van der Waals surface area contributed by atoms with Crippen LogP contribution in [0.1, 0.15) is 68.4 Å². The quantitative estimate of drug-likeness (QED) is 0.0620. The van der Waals surface area contributed by atoms with Gasteiger partial charge in [0.2, 0.25) is 17.8 Å². The van der Waals surface area contributed by atoms with Gasteiger partial charge in [-0.25, -0.2) is 15.0 Å². The average molecular weight is 847 g/mol. The molecule has 5 heterocycles.